The number of hydrogen-bond acceptors (Lipinski definition) is 6. The predicted molar refractivity (Wildman–Crippen MR) is 129 cm³/mol. The van der Waals surface area contributed by atoms with Crippen molar-refractivity contribution in [3.8, 4) is 0 Å². The number of carbonyl (C=O) groups excluding carboxylic acids is 1. The van der Waals surface area contributed by atoms with Gasteiger partial charge in [0.05, 0.1) is 36.9 Å². The molecule has 0 spiro atoms. The van der Waals surface area contributed by atoms with E-state index in [1.54, 1.807) is 6.20 Å². The molecule has 2 atom stereocenters. The molecule has 2 aliphatic rings. The van der Waals surface area contributed by atoms with Crippen molar-refractivity contribution in [3.05, 3.63) is 18.0 Å². The van der Waals surface area contributed by atoms with Crippen LogP contribution in [0.1, 0.15) is 82.7 Å². The van der Waals surface area contributed by atoms with Crippen LogP contribution in [-0.4, -0.2) is 52.0 Å². The second kappa shape index (κ2) is 11.3. The lowest BCUT2D eigenvalue weighted by Gasteiger charge is -2.28. The first-order valence-corrected chi connectivity index (χ1v) is 13.5. The van der Waals surface area contributed by atoms with Gasteiger partial charge in [0.2, 0.25) is 0 Å². The van der Waals surface area contributed by atoms with Crippen molar-refractivity contribution in [1.29, 1.82) is 0 Å². The highest BCUT2D eigenvalue weighted by molar-refractivity contribution is 7.99. The minimum Gasteiger partial charge on any atom is -0.465 e. The molecule has 3 heterocycles. The molecule has 0 amide bonds. The fraction of sp³-hybridized carbons (Fsp3) is 0.720. The van der Waals surface area contributed by atoms with E-state index in [1.807, 2.05) is 6.20 Å². The summed E-state index contributed by atoms with van der Waals surface area (Å²) in [5.74, 6) is -2.49. The Morgan fingerprint density at radius 3 is 2.91 bits per heavy atom. The Labute approximate surface area is 204 Å². The van der Waals surface area contributed by atoms with Gasteiger partial charge in [-0.2, -0.15) is 0 Å². The van der Waals surface area contributed by atoms with Gasteiger partial charge in [-0.25, -0.2) is 18.7 Å². The molecule has 1 saturated carbocycles. The molecule has 2 fully saturated rings. The second-order valence-electron chi connectivity index (χ2n) is 9.58. The van der Waals surface area contributed by atoms with Crippen LogP contribution in [0.4, 0.5) is 8.78 Å². The zero-order valence-corrected chi connectivity index (χ0v) is 20.9. The lowest BCUT2D eigenvalue weighted by atomic mass is 9.93. The van der Waals surface area contributed by atoms with E-state index in [-0.39, 0.29) is 25.4 Å². The molecule has 2 aromatic heterocycles. The van der Waals surface area contributed by atoms with Crippen molar-refractivity contribution in [1.82, 2.24) is 14.5 Å². The van der Waals surface area contributed by atoms with Crippen molar-refractivity contribution in [2.75, 3.05) is 25.6 Å². The standard InChI is InChI=1S/C25H35F2N3O3S/c1-3-5-6-17(4-2)14-33-22(31)9-10-34-24-28-12-21-23(29-24)20(13-30(21)19-7-8-19)18-11-25(26,27)16-32-15-18/h12-13,17-19H,3-11,14-16H2,1-2H3. The number of fused-ring (bicyclic) bond motifs is 1. The molecule has 1 aliphatic heterocycles. The Hall–Kier alpha value is -1.74. The first-order valence-electron chi connectivity index (χ1n) is 12.5. The number of halogens is 2. The van der Waals surface area contributed by atoms with Gasteiger partial charge in [-0.05, 0) is 25.2 Å². The van der Waals surface area contributed by atoms with Crippen LogP contribution in [0.25, 0.3) is 11.0 Å². The molecule has 34 heavy (non-hydrogen) atoms. The van der Waals surface area contributed by atoms with Crippen LogP contribution < -0.4 is 0 Å². The van der Waals surface area contributed by atoms with Crippen LogP contribution in [0.3, 0.4) is 0 Å². The summed E-state index contributed by atoms with van der Waals surface area (Å²) in [5, 5.41) is 0.549. The average molecular weight is 496 g/mol. The number of unbranched alkanes of at least 4 members (excludes halogenated alkanes) is 1. The maximum absolute atomic E-state index is 14.0. The number of carbonyl (C=O) groups is 1. The van der Waals surface area contributed by atoms with Gasteiger partial charge in [0.25, 0.3) is 5.92 Å². The van der Waals surface area contributed by atoms with Crippen LogP contribution >= 0.6 is 11.8 Å². The molecule has 0 bridgehead atoms. The molecule has 2 unspecified atom stereocenters. The van der Waals surface area contributed by atoms with Crippen molar-refractivity contribution in [2.24, 2.45) is 5.92 Å². The van der Waals surface area contributed by atoms with Crippen LogP contribution in [0.2, 0.25) is 0 Å². The summed E-state index contributed by atoms with van der Waals surface area (Å²) in [6, 6.07) is 0.391. The summed E-state index contributed by atoms with van der Waals surface area (Å²) in [7, 11) is 0. The summed E-state index contributed by atoms with van der Waals surface area (Å²) in [5.41, 5.74) is 2.41. The van der Waals surface area contributed by atoms with E-state index in [0.717, 1.165) is 55.1 Å². The Bertz CT molecular complexity index is 980. The van der Waals surface area contributed by atoms with Crippen LogP contribution in [0.15, 0.2) is 17.6 Å². The van der Waals surface area contributed by atoms with E-state index in [0.29, 0.717) is 29.5 Å². The van der Waals surface area contributed by atoms with Crippen molar-refractivity contribution >= 4 is 28.8 Å². The van der Waals surface area contributed by atoms with Crippen LogP contribution in [0, 0.1) is 5.92 Å². The maximum Gasteiger partial charge on any atom is 0.306 e. The summed E-state index contributed by atoms with van der Waals surface area (Å²) in [6.07, 6.45) is 10.4. The Morgan fingerprint density at radius 1 is 1.38 bits per heavy atom. The minimum atomic E-state index is -2.82. The van der Waals surface area contributed by atoms with E-state index >= 15 is 0 Å². The summed E-state index contributed by atoms with van der Waals surface area (Å²) >= 11 is 1.39. The molecule has 6 nitrogen and oxygen atoms in total. The molecule has 9 heteroatoms. The zero-order valence-electron chi connectivity index (χ0n) is 20.1. The minimum absolute atomic E-state index is 0.203. The molecule has 4 rings (SSSR count). The third kappa shape index (κ3) is 6.47. The van der Waals surface area contributed by atoms with Gasteiger partial charge >= 0.3 is 5.97 Å². The number of thioether (sulfide) groups is 1. The average Bonchev–Trinajstić information content (AvgIpc) is 3.59. The van der Waals surface area contributed by atoms with Crippen molar-refractivity contribution < 1.29 is 23.0 Å². The lowest BCUT2D eigenvalue weighted by molar-refractivity contribution is -0.144. The Kier molecular flexibility index (Phi) is 8.45. The second-order valence-corrected chi connectivity index (χ2v) is 10.6. The number of rotatable bonds is 12. The number of ether oxygens (including phenoxy) is 2. The smallest absolute Gasteiger partial charge is 0.306 e. The molecule has 188 valence electrons. The van der Waals surface area contributed by atoms with E-state index in [4.69, 9.17) is 14.5 Å². The van der Waals surface area contributed by atoms with Gasteiger partial charge < -0.3 is 14.0 Å². The third-order valence-electron chi connectivity index (χ3n) is 6.70. The number of hydrogen-bond donors (Lipinski definition) is 0. The Morgan fingerprint density at radius 2 is 2.21 bits per heavy atom. The van der Waals surface area contributed by atoms with Gasteiger partial charge in [0, 0.05) is 35.9 Å². The normalized spacial score (nSPS) is 21.0. The zero-order chi connectivity index (χ0) is 24.1. The maximum atomic E-state index is 14.0. The predicted octanol–water partition coefficient (Wildman–Crippen LogP) is 6.15. The SMILES string of the molecule is CCCCC(CC)COC(=O)CCSc1ncc2c(n1)c(C1COCC(F)(F)C1)cn2C1CC1. The molecular weight excluding hydrogens is 460 g/mol. The molecule has 0 radical (unpaired) electrons. The van der Waals surface area contributed by atoms with Crippen molar-refractivity contribution in [2.45, 2.75) is 88.3 Å². The molecule has 2 aromatic rings. The topological polar surface area (TPSA) is 66.2 Å². The first kappa shape index (κ1) is 25.4. The highest BCUT2D eigenvalue weighted by Crippen LogP contribution is 2.43. The molecule has 0 N–H and O–H groups in total. The van der Waals surface area contributed by atoms with Crippen LogP contribution in [-0.2, 0) is 14.3 Å². The number of esters is 1. The first-order chi connectivity index (χ1) is 16.4. The van der Waals surface area contributed by atoms with Crippen LogP contribution in [0.5, 0.6) is 0 Å². The monoisotopic (exact) mass is 495 g/mol. The fourth-order valence-corrected chi connectivity index (χ4v) is 5.23. The molecule has 1 saturated heterocycles. The highest BCUT2D eigenvalue weighted by atomic mass is 32.2. The van der Waals surface area contributed by atoms with Crippen molar-refractivity contribution in [3.63, 3.8) is 0 Å². The summed E-state index contributed by atoms with van der Waals surface area (Å²) in [4.78, 5) is 21.4. The summed E-state index contributed by atoms with van der Waals surface area (Å²) < 4.78 is 40.9. The molecule has 1 aliphatic carbocycles. The van der Waals surface area contributed by atoms with Gasteiger partial charge in [0.15, 0.2) is 5.16 Å². The quantitative estimate of drug-likeness (QED) is 0.200. The van der Waals surface area contributed by atoms with E-state index in [1.165, 1.54) is 11.8 Å². The largest absolute Gasteiger partial charge is 0.465 e. The van der Waals surface area contributed by atoms with E-state index in [9.17, 15) is 13.6 Å². The Balaban J connectivity index is 1.38. The van der Waals surface area contributed by atoms with E-state index in [2.05, 4.69) is 23.4 Å². The summed E-state index contributed by atoms with van der Waals surface area (Å²) in [6.45, 7) is 4.53. The number of alkyl halides is 2. The third-order valence-corrected chi connectivity index (χ3v) is 7.56. The van der Waals surface area contributed by atoms with Gasteiger partial charge in [0.1, 0.15) is 6.61 Å². The van der Waals surface area contributed by atoms with Gasteiger partial charge in [-0.1, -0.05) is 44.9 Å². The van der Waals surface area contributed by atoms with Gasteiger partial charge in [-0.15, -0.1) is 0 Å². The number of nitrogens with zero attached hydrogens (tertiary/aromatic N) is 3. The fourth-order valence-electron chi connectivity index (χ4n) is 4.50. The van der Waals surface area contributed by atoms with Gasteiger partial charge in [-0.3, -0.25) is 4.79 Å². The molecular formula is C25H35F2N3O3S. The lowest BCUT2D eigenvalue weighted by Crippen LogP contribution is -2.34. The molecule has 0 aromatic carbocycles. The number of aromatic nitrogens is 3. The highest BCUT2D eigenvalue weighted by Gasteiger charge is 2.39. The van der Waals surface area contributed by atoms with E-state index < -0.39 is 18.4 Å².